The lowest BCUT2D eigenvalue weighted by molar-refractivity contribution is -0.115. The summed E-state index contributed by atoms with van der Waals surface area (Å²) >= 11 is 7.59. The number of hydrogen-bond acceptors (Lipinski definition) is 4. The molecule has 0 radical (unpaired) electrons. The van der Waals surface area contributed by atoms with Gasteiger partial charge in [-0.2, -0.15) is 0 Å². The van der Waals surface area contributed by atoms with E-state index in [0.717, 1.165) is 4.90 Å². The highest BCUT2D eigenvalue weighted by Gasteiger charge is 2.15. The topological polar surface area (TPSA) is 75.3 Å². The van der Waals surface area contributed by atoms with Gasteiger partial charge in [0.15, 0.2) is 0 Å². The quantitative estimate of drug-likeness (QED) is 0.638. The third-order valence-electron chi connectivity index (χ3n) is 3.26. The van der Waals surface area contributed by atoms with Crippen LogP contribution in [0.5, 0.6) is 0 Å². The van der Waals surface area contributed by atoms with E-state index in [1.807, 2.05) is 24.3 Å². The summed E-state index contributed by atoms with van der Waals surface area (Å²) in [6.07, 6.45) is 0.324. The molecule has 140 valence electrons. The minimum absolute atomic E-state index is 0.138. The number of benzene rings is 2. The van der Waals surface area contributed by atoms with Gasteiger partial charge in [-0.1, -0.05) is 23.7 Å². The fourth-order valence-electron chi connectivity index (χ4n) is 2.13. The number of halogens is 1. The smallest absolute Gasteiger partial charge is 0.240 e. The maximum atomic E-state index is 12.1. The zero-order valence-corrected chi connectivity index (χ0v) is 16.9. The summed E-state index contributed by atoms with van der Waals surface area (Å²) in [5.41, 5.74) is 0.557. The lowest BCUT2D eigenvalue weighted by atomic mass is 10.3. The molecule has 0 saturated carbocycles. The molecule has 2 aromatic rings. The zero-order chi connectivity index (χ0) is 19.2. The van der Waals surface area contributed by atoms with Gasteiger partial charge in [-0.05, 0) is 50.2 Å². The number of amides is 1. The third-order valence-corrected chi connectivity index (χ3v) is 6.45. The first-order chi connectivity index (χ1) is 12.3. The first kappa shape index (κ1) is 20.8. The Morgan fingerprint density at radius 1 is 1.12 bits per heavy atom. The lowest BCUT2D eigenvalue weighted by Gasteiger charge is -2.10. The number of thioether (sulfide) groups is 1. The molecule has 0 aromatic heterocycles. The molecule has 26 heavy (non-hydrogen) atoms. The van der Waals surface area contributed by atoms with Gasteiger partial charge in [0.1, 0.15) is 0 Å². The number of sulfonamides is 1. The maximum Gasteiger partial charge on any atom is 0.240 e. The number of carbonyl (C=O) groups is 1. The second-order valence-corrected chi connectivity index (χ2v) is 9.14. The summed E-state index contributed by atoms with van der Waals surface area (Å²) in [6.45, 7) is 3.51. The maximum absolute atomic E-state index is 12.1. The van der Waals surface area contributed by atoms with Gasteiger partial charge in [0.25, 0.3) is 0 Å². The van der Waals surface area contributed by atoms with E-state index in [9.17, 15) is 13.2 Å². The average molecular weight is 413 g/mol. The Bertz CT molecular complexity index is 853. The predicted molar refractivity (Wildman–Crippen MR) is 107 cm³/mol. The molecule has 0 unspecified atom stereocenters. The molecule has 0 saturated heterocycles. The van der Waals surface area contributed by atoms with Crippen LogP contribution in [0, 0.1) is 0 Å². The van der Waals surface area contributed by atoms with Crippen molar-refractivity contribution in [3.63, 3.8) is 0 Å². The van der Waals surface area contributed by atoms with Crippen LogP contribution in [0.3, 0.4) is 0 Å². The number of nitrogens with one attached hydrogen (secondary N) is 2. The van der Waals surface area contributed by atoms with E-state index in [-0.39, 0.29) is 16.8 Å². The van der Waals surface area contributed by atoms with E-state index < -0.39 is 10.0 Å². The van der Waals surface area contributed by atoms with Crippen LogP contribution in [0.1, 0.15) is 20.3 Å². The molecule has 2 aromatic carbocycles. The van der Waals surface area contributed by atoms with E-state index in [1.165, 1.54) is 23.9 Å². The largest absolute Gasteiger partial charge is 0.326 e. The highest BCUT2D eigenvalue weighted by Crippen LogP contribution is 2.27. The molecule has 5 nitrogen and oxygen atoms in total. The number of rotatable bonds is 8. The van der Waals surface area contributed by atoms with Gasteiger partial charge in [0.2, 0.25) is 15.9 Å². The summed E-state index contributed by atoms with van der Waals surface area (Å²) in [6, 6.07) is 13.4. The first-order valence-electron chi connectivity index (χ1n) is 8.07. The van der Waals surface area contributed by atoms with Crippen LogP contribution in [0.15, 0.2) is 58.3 Å². The third kappa shape index (κ3) is 6.32. The summed E-state index contributed by atoms with van der Waals surface area (Å²) in [5.74, 6) is 0.459. The van der Waals surface area contributed by atoms with E-state index in [1.54, 1.807) is 26.0 Å². The second-order valence-electron chi connectivity index (χ2n) is 5.88. The van der Waals surface area contributed by atoms with Gasteiger partial charge in [0, 0.05) is 28.8 Å². The summed E-state index contributed by atoms with van der Waals surface area (Å²) in [7, 11) is -3.53. The van der Waals surface area contributed by atoms with Crippen molar-refractivity contribution in [1.29, 1.82) is 0 Å². The van der Waals surface area contributed by atoms with Crippen LogP contribution in [0.25, 0.3) is 0 Å². The average Bonchev–Trinajstić information content (AvgIpc) is 2.56. The lowest BCUT2D eigenvalue weighted by Crippen LogP contribution is -2.30. The highest BCUT2D eigenvalue weighted by molar-refractivity contribution is 7.99. The first-order valence-corrected chi connectivity index (χ1v) is 10.9. The Kier molecular flexibility index (Phi) is 7.52. The van der Waals surface area contributed by atoms with Gasteiger partial charge in [-0.25, -0.2) is 13.1 Å². The number of anilines is 1. The molecule has 0 aliphatic carbocycles. The van der Waals surface area contributed by atoms with Crippen LogP contribution in [0.2, 0.25) is 5.02 Å². The number of carbonyl (C=O) groups excluding carboxylic acids is 1. The molecule has 0 spiro atoms. The molecule has 2 N–H and O–H groups in total. The van der Waals surface area contributed by atoms with E-state index in [2.05, 4.69) is 10.0 Å². The zero-order valence-electron chi connectivity index (χ0n) is 14.5. The van der Waals surface area contributed by atoms with Crippen molar-refractivity contribution in [2.75, 3.05) is 11.1 Å². The van der Waals surface area contributed by atoms with Gasteiger partial charge in [-0.15, -0.1) is 11.8 Å². The van der Waals surface area contributed by atoms with Crippen molar-refractivity contribution in [3.05, 3.63) is 53.6 Å². The molecule has 0 fully saturated rings. The van der Waals surface area contributed by atoms with E-state index >= 15 is 0 Å². The van der Waals surface area contributed by atoms with Crippen molar-refractivity contribution < 1.29 is 13.2 Å². The fourth-order valence-corrected chi connectivity index (χ4v) is 4.57. The Morgan fingerprint density at radius 3 is 2.38 bits per heavy atom. The molecule has 1 amide bonds. The van der Waals surface area contributed by atoms with Crippen molar-refractivity contribution in [2.45, 2.75) is 36.1 Å². The Morgan fingerprint density at radius 2 is 1.77 bits per heavy atom. The Hall–Kier alpha value is -1.54. The van der Waals surface area contributed by atoms with Gasteiger partial charge in [0.05, 0.1) is 9.92 Å². The molecular formula is C18H21ClN2O3S2. The van der Waals surface area contributed by atoms with Gasteiger partial charge < -0.3 is 5.32 Å². The van der Waals surface area contributed by atoms with Crippen molar-refractivity contribution >= 4 is 45.0 Å². The van der Waals surface area contributed by atoms with Crippen LogP contribution in [-0.2, 0) is 14.8 Å². The van der Waals surface area contributed by atoms with Crippen LogP contribution < -0.4 is 10.0 Å². The van der Waals surface area contributed by atoms with Crippen LogP contribution in [-0.4, -0.2) is 26.1 Å². The van der Waals surface area contributed by atoms with Crippen molar-refractivity contribution in [1.82, 2.24) is 4.72 Å². The Balaban J connectivity index is 1.86. The molecular weight excluding hydrogens is 392 g/mol. The minimum atomic E-state index is -3.53. The molecule has 8 heteroatoms. The second kappa shape index (κ2) is 9.41. The summed E-state index contributed by atoms with van der Waals surface area (Å²) in [4.78, 5) is 13.1. The number of hydrogen-bond donors (Lipinski definition) is 2. The molecule has 0 bridgehead atoms. The molecule has 0 heterocycles. The summed E-state index contributed by atoms with van der Waals surface area (Å²) in [5, 5.41) is 3.43. The van der Waals surface area contributed by atoms with Crippen LogP contribution >= 0.6 is 23.4 Å². The SMILES string of the molecule is CC(C)NS(=O)(=O)c1ccc(NC(=O)CCSc2ccccc2Cl)cc1. The van der Waals surface area contributed by atoms with Gasteiger partial charge in [-0.3, -0.25) is 4.79 Å². The molecule has 0 atom stereocenters. The van der Waals surface area contributed by atoms with Gasteiger partial charge >= 0.3 is 0 Å². The van der Waals surface area contributed by atoms with E-state index in [0.29, 0.717) is 22.9 Å². The molecule has 0 aliphatic heterocycles. The van der Waals surface area contributed by atoms with Crippen molar-refractivity contribution in [3.8, 4) is 0 Å². The fraction of sp³-hybridized carbons (Fsp3) is 0.278. The highest BCUT2D eigenvalue weighted by atomic mass is 35.5. The predicted octanol–water partition coefficient (Wildman–Crippen LogP) is 4.15. The Labute approximate surface area is 163 Å². The molecule has 2 rings (SSSR count). The van der Waals surface area contributed by atoms with E-state index in [4.69, 9.17) is 11.6 Å². The standard InChI is InChI=1S/C18H21ClN2O3S2/c1-13(2)21-26(23,24)15-9-7-14(8-10-15)20-18(22)11-12-25-17-6-4-3-5-16(17)19/h3-10,13,21H,11-12H2,1-2H3,(H,20,22). The minimum Gasteiger partial charge on any atom is -0.326 e. The summed E-state index contributed by atoms with van der Waals surface area (Å²) < 4.78 is 26.7. The van der Waals surface area contributed by atoms with Crippen LogP contribution in [0.4, 0.5) is 5.69 Å². The van der Waals surface area contributed by atoms with Crippen molar-refractivity contribution in [2.24, 2.45) is 0 Å². The molecule has 0 aliphatic rings. The normalized spacial score (nSPS) is 11.5. The monoisotopic (exact) mass is 412 g/mol.